The number of hydrogen-bond acceptors (Lipinski definition) is 4. The maximum Gasteiger partial charge on any atom is 0.329 e. The first-order chi connectivity index (χ1) is 8.61. The SMILES string of the molecule is C/C=C\c1nc(C2=N[C@@H](C(=O)O)CS2)ccc1C. The number of aromatic nitrogens is 1. The van der Waals surface area contributed by atoms with Crippen molar-refractivity contribution in [3.05, 3.63) is 35.2 Å². The van der Waals surface area contributed by atoms with Crippen LogP contribution in [0.15, 0.2) is 23.2 Å². The summed E-state index contributed by atoms with van der Waals surface area (Å²) in [4.78, 5) is 19.5. The first-order valence-corrected chi connectivity index (χ1v) is 6.64. The Bertz CT molecular complexity index is 538. The third-order valence-corrected chi connectivity index (χ3v) is 3.69. The quantitative estimate of drug-likeness (QED) is 0.908. The minimum atomic E-state index is -0.877. The van der Waals surface area contributed by atoms with Crippen molar-refractivity contribution in [1.82, 2.24) is 4.98 Å². The molecule has 0 amide bonds. The average molecular weight is 262 g/mol. The van der Waals surface area contributed by atoms with Gasteiger partial charge in [-0.25, -0.2) is 9.78 Å². The number of allylic oxidation sites excluding steroid dienone is 1. The summed E-state index contributed by atoms with van der Waals surface area (Å²) in [6.07, 6.45) is 3.87. The average Bonchev–Trinajstić information content (AvgIpc) is 2.82. The normalized spacial score (nSPS) is 19.2. The first kappa shape index (κ1) is 12.8. The van der Waals surface area contributed by atoms with Gasteiger partial charge in [0.15, 0.2) is 6.04 Å². The molecule has 0 fully saturated rings. The van der Waals surface area contributed by atoms with Crippen molar-refractivity contribution in [1.29, 1.82) is 0 Å². The number of carboxylic acids is 1. The van der Waals surface area contributed by atoms with Gasteiger partial charge in [-0.15, -0.1) is 11.8 Å². The van der Waals surface area contributed by atoms with Gasteiger partial charge in [0.1, 0.15) is 5.04 Å². The van der Waals surface area contributed by atoms with Gasteiger partial charge in [-0.3, -0.25) is 4.99 Å². The molecule has 1 aromatic heterocycles. The zero-order valence-corrected chi connectivity index (χ0v) is 11.1. The Kier molecular flexibility index (Phi) is 3.81. The molecule has 2 rings (SSSR count). The molecule has 0 radical (unpaired) electrons. The molecule has 0 aromatic carbocycles. The molecule has 0 saturated heterocycles. The third-order valence-electron chi connectivity index (χ3n) is 2.62. The highest BCUT2D eigenvalue weighted by Gasteiger charge is 2.25. The molecule has 0 aliphatic carbocycles. The van der Waals surface area contributed by atoms with Gasteiger partial charge in [0.2, 0.25) is 0 Å². The number of hydrogen-bond donors (Lipinski definition) is 1. The number of pyridine rings is 1. The van der Waals surface area contributed by atoms with E-state index >= 15 is 0 Å². The highest BCUT2D eigenvalue weighted by Crippen LogP contribution is 2.23. The molecular weight excluding hydrogens is 248 g/mol. The Morgan fingerprint density at radius 1 is 1.56 bits per heavy atom. The lowest BCUT2D eigenvalue weighted by Crippen LogP contribution is -2.17. The van der Waals surface area contributed by atoms with Crippen molar-refractivity contribution in [2.75, 3.05) is 5.75 Å². The van der Waals surface area contributed by atoms with Crippen LogP contribution in [-0.2, 0) is 4.79 Å². The summed E-state index contributed by atoms with van der Waals surface area (Å²) >= 11 is 1.45. The molecule has 0 bridgehead atoms. The second-order valence-electron chi connectivity index (χ2n) is 4.00. The van der Waals surface area contributed by atoms with Crippen molar-refractivity contribution in [2.45, 2.75) is 19.9 Å². The van der Waals surface area contributed by atoms with Crippen LogP contribution in [0, 0.1) is 6.92 Å². The fourth-order valence-corrected chi connectivity index (χ4v) is 2.63. The maximum atomic E-state index is 10.8. The van der Waals surface area contributed by atoms with Crippen LogP contribution < -0.4 is 0 Å². The number of aliphatic imine (C=N–C) groups is 1. The van der Waals surface area contributed by atoms with Crippen LogP contribution in [-0.4, -0.2) is 32.9 Å². The molecule has 1 aliphatic heterocycles. The van der Waals surface area contributed by atoms with Crippen LogP contribution in [0.2, 0.25) is 0 Å². The highest BCUT2D eigenvalue weighted by atomic mass is 32.2. The van der Waals surface area contributed by atoms with Crippen molar-refractivity contribution < 1.29 is 9.90 Å². The van der Waals surface area contributed by atoms with Crippen molar-refractivity contribution in [2.24, 2.45) is 4.99 Å². The molecule has 5 heteroatoms. The van der Waals surface area contributed by atoms with Gasteiger partial charge in [0, 0.05) is 5.75 Å². The van der Waals surface area contributed by atoms with Crippen LogP contribution in [0.5, 0.6) is 0 Å². The smallest absolute Gasteiger partial charge is 0.329 e. The maximum absolute atomic E-state index is 10.8. The first-order valence-electron chi connectivity index (χ1n) is 5.66. The standard InChI is InChI=1S/C13H14N2O2S/c1-3-4-9-8(2)5-6-10(14-9)12-15-11(7-18-12)13(16)17/h3-6,11H,7H2,1-2H3,(H,16,17)/b4-3-/t11-/m1/s1. The van der Waals surface area contributed by atoms with Crippen molar-refractivity contribution in [3.8, 4) is 0 Å². The van der Waals surface area contributed by atoms with Crippen molar-refractivity contribution >= 4 is 28.9 Å². The Balaban J connectivity index is 2.32. The summed E-state index contributed by atoms with van der Waals surface area (Å²) in [7, 11) is 0. The van der Waals surface area contributed by atoms with E-state index in [9.17, 15) is 4.79 Å². The summed E-state index contributed by atoms with van der Waals surface area (Å²) in [6.45, 7) is 3.94. The van der Waals surface area contributed by atoms with Gasteiger partial charge in [-0.2, -0.15) is 0 Å². The fourth-order valence-electron chi connectivity index (χ4n) is 1.63. The Morgan fingerprint density at radius 2 is 2.33 bits per heavy atom. The predicted octanol–water partition coefficient (Wildman–Crippen LogP) is 2.37. The lowest BCUT2D eigenvalue weighted by Gasteiger charge is -2.03. The molecule has 1 aliphatic rings. The topological polar surface area (TPSA) is 62.5 Å². The van der Waals surface area contributed by atoms with Gasteiger partial charge in [0.05, 0.1) is 11.4 Å². The number of thioether (sulfide) groups is 1. The van der Waals surface area contributed by atoms with E-state index in [0.717, 1.165) is 17.0 Å². The minimum absolute atomic E-state index is 0.485. The van der Waals surface area contributed by atoms with E-state index < -0.39 is 12.0 Å². The van der Waals surface area contributed by atoms with E-state index in [4.69, 9.17) is 5.11 Å². The molecule has 1 atom stereocenters. The molecular formula is C13H14N2O2S. The fraction of sp³-hybridized carbons (Fsp3) is 0.308. The van der Waals surface area contributed by atoms with E-state index in [1.165, 1.54) is 11.8 Å². The van der Waals surface area contributed by atoms with Crippen molar-refractivity contribution in [3.63, 3.8) is 0 Å². The monoisotopic (exact) mass is 262 g/mol. The number of aryl methyl sites for hydroxylation is 1. The van der Waals surface area contributed by atoms with Crippen LogP contribution in [0.25, 0.3) is 6.08 Å². The molecule has 4 nitrogen and oxygen atoms in total. The summed E-state index contributed by atoms with van der Waals surface area (Å²) in [5.41, 5.74) is 2.75. The van der Waals surface area contributed by atoms with Gasteiger partial charge >= 0.3 is 5.97 Å². The largest absolute Gasteiger partial charge is 0.480 e. The molecule has 0 unspecified atom stereocenters. The van der Waals surface area contributed by atoms with Gasteiger partial charge in [-0.1, -0.05) is 12.1 Å². The van der Waals surface area contributed by atoms with Crippen LogP contribution in [0.3, 0.4) is 0 Å². The Labute approximate surface area is 110 Å². The minimum Gasteiger partial charge on any atom is -0.480 e. The Morgan fingerprint density at radius 3 is 2.94 bits per heavy atom. The summed E-state index contributed by atoms with van der Waals surface area (Å²) in [5, 5.41) is 9.62. The Hall–Kier alpha value is -1.62. The van der Waals surface area contributed by atoms with Crippen LogP contribution >= 0.6 is 11.8 Å². The van der Waals surface area contributed by atoms with E-state index in [0.29, 0.717) is 10.8 Å². The number of rotatable bonds is 3. The van der Waals surface area contributed by atoms with Gasteiger partial charge in [-0.05, 0) is 31.6 Å². The predicted molar refractivity (Wildman–Crippen MR) is 74.1 cm³/mol. The third kappa shape index (κ3) is 2.61. The van der Waals surface area contributed by atoms with Crippen LogP contribution in [0.1, 0.15) is 23.9 Å². The second kappa shape index (κ2) is 5.35. The molecule has 94 valence electrons. The second-order valence-corrected chi connectivity index (χ2v) is 5.01. The molecule has 0 spiro atoms. The zero-order chi connectivity index (χ0) is 13.1. The lowest BCUT2D eigenvalue weighted by atomic mass is 10.2. The van der Waals surface area contributed by atoms with E-state index in [1.54, 1.807) is 0 Å². The number of carbonyl (C=O) groups is 1. The van der Waals surface area contributed by atoms with Gasteiger partial charge in [0.25, 0.3) is 0 Å². The summed E-state index contributed by atoms with van der Waals surface area (Å²) in [5.74, 6) is -0.391. The summed E-state index contributed by atoms with van der Waals surface area (Å²) in [6, 6.07) is 3.23. The molecule has 1 N–H and O–H groups in total. The van der Waals surface area contributed by atoms with Crippen LogP contribution in [0.4, 0.5) is 0 Å². The van der Waals surface area contributed by atoms with E-state index in [2.05, 4.69) is 9.98 Å². The highest BCUT2D eigenvalue weighted by molar-refractivity contribution is 8.14. The zero-order valence-electron chi connectivity index (χ0n) is 10.3. The number of aliphatic carboxylic acids is 1. The molecule has 0 saturated carbocycles. The molecule has 18 heavy (non-hydrogen) atoms. The molecule has 1 aromatic rings. The number of carboxylic acid groups (broad SMARTS) is 1. The van der Waals surface area contributed by atoms with Gasteiger partial charge < -0.3 is 5.11 Å². The van der Waals surface area contributed by atoms with E-state index in [-0.39, 0.29) is 0 Å². The van der Waals surface area contributed by atoms with E-state index in [1.807, 2.05) is 38.1 Å². The summed E-state index contributed by atoms with van der Waals surface area (Å²) < 4.78 is 0. The molecule has 2 heterocycles. The number of nitrogens with zero attached hydrogens (tertiary/aromatic N) is 2. The lowest BCUT2D eigenvalue weighted by molar-refractivity contribution is -0.137.